The smallest absolute Gasteiger partial charge is 0.408 e. The van der Waals surface area contributed by atoms with E-state index in [2.05, 4.69) is 10.6 Å². The number of carbonyl (C=O) groups excluding carboxylic acids is 1. The van der Waals surface area contributed by atoms with Crippen LogP contribution in [0.5, 0.6) is 0 Å². The van der Waals surface area contributed by atoms with E-state index in [9.17, 15) is 14.7 Å². The van der Waals surface area contributed by atoms with E-state index < -0.39 is 29.7 Å². The van der Waals surface area contributed by atoms with E-state index in [1.54, 1.807) is 52.0 Å². The van der Waals surface area contributed by atoms with Crippen LogP contribution in [0.1, 0.15) is 27.7 Å². The van der Waals surface area contributed by atoms with Crippen molar-refractivity contribution >= 4 is 23.4 Å². The van der Waals surface area contributed by atoms with Crippen molar-refractivity contribution in [2.45, 2.75) is 45.4 Å². The SMILES string of the molecule is C[C@H](Nc1ccccc1N)[C@H](NC(=O)OC(C)(C)C)C(=O)O. The Morgan fingerprint density at radius 3 is 2.36 bits per heavy atom. The van der Waals surface area contributed by atoms with E-state index in [1.165, 1.54) is 0 Å². The lowest BCUT2D eigenvalue weighted by Gasteiger charge is -2.26. The van der Waals surface area contributed by atoms with Gasteiger partial charge < -0.3 is 26.2 Å². The summed E-state index contributed by atoms with van der Waals surface area (Å²) < 4.78 is 5.08. The molecule has 0 radical (unpaired) electrons. The number of nitrogen functional groups attached to an aromatic ring is 1. The average Bonchev–Trinajstić information content (AvgIpc) is 2.36. The summed E-state index contributed by atoms with van der Waals surface area (Å²) in [5.41, 5.74) is 6.21. The van der Waals surface area contributed by atoms with E-state index in [0.717, 1.165) is 0 Å². The van der Waals surface area contributed by atoms with Gasteiger partial charge in [0.05, 0.1) is 17.4 Å². The quantitative estimate of drug-likeness (QED) is 0.619. The van der Waals surface area contributed by atoms with E-state index in [0.29, 0.717) is 11.4 Å². The topological polar surface area (TPSA) is 114 Å². The summed E-state index contributed by atoms with van der Waals surface area (Å²) in [5.74, 6) is -1.17. The van der Waals surface area contributed by atoms with Crippen LogP contribution in [0.4, 0.5) is 16.2 Å². The van der Waals surface area contributed by atoms with Crippen LogP contribution >= 0.6 is 0 Å². The number of anilines is 2. The standard InChI is InChI=1S/C15H23N3O4/c1-9(17-11-8-6-5-7-10(11)16)12(13(19)20)18-14(21)22-15(2,3)4/h5-9,12,17H,16H2,1-4H3,(H,18,21)(H,19,20)/t9-,12-/m0/s1. The molecule has 1 rings (SSSR count). The molecular formula is C15H23N3O4. The first-order chi connectivity index (χ1) is 10.1. The molecule has 1 amide bonds. The number of hydrogen-bond donors (Lipinski definition) is 4. The van der Waals surface area contributed by atoms with Crippen molar-refractivity contribution in [2.24, 2.45) is 0 Å². The highest BCUT2D eigenvalue weighted by atomic mass is 16.6. The number of benzene rings is 1. The van der Waals surface area contributed by atoms with Crippen molar-refractivity contribution in [1.29, 1.82) is 0 Å². The molecule has 22 heavy (non-hydrogen) atoms. The molecule has 0 spiro atoms. The number of aliphatic carboxylic acids is 1. The van der Waals surface area contributed by atoms with E-state index in [-0.39, 0.29) is 0 Å². The second-order valence-electron chi connectivity index (χ2n) is 5.98. The fourth-order valence-electron chi connectivity index (χ4n) is 1.79. The zero-order chi connectivity index (χ0) is 16.9. The molecule has 1 aromatic carbocycles. The number of carbonyl (C=O) groups is 2. The number of nitrogens with one attached hydrogen (secondary N) is 2. The Morgan fingerprint density at radius 1 is 1.27 bits per heavy atom. The maximum Gasteiger partial charge on any atom is 0.408 e. The number of rotatable bonds is 5. The fourth-order valence-corrected chi connectivity index (χ4v) is 1.79. The van der Waals surface area contributed by atoms with Gasteiger partial charge >= 0.3 is 12.1 Å². The first-order valence-corrected chi connectivity index (χ1v) is 6.93. The van der Waals surface area contributed by atoms with Gasteiger partial charge in [-0.1, -0.05) is 12.1 Å². The van der Waals surface area contributed by atoms with E-state index >= 15 is 0 Å². The van der Waals surface area contributed by atoms with E-state index in [1.807, 2.05) is 0 Å². The molecule has 122 valence electrons. The molecule has 2 atom stereocenters. The molecule has 7 nitrogen and oxygen atoms in total. The summed E-state index contributed by atoms with van der Waals surface area (Å²) >= 11 is 0. The van der Waals surface area contributed by atoms with Crippen molar-refractivity contribution < 1.29 is 19.4 Å². The Bertz CT molecular complexity index is 540. The third kappa shape index (κ3) is 5.51. The molecular weight excluding hydrogens is 286 g/mol. The Morgan fingerprint density at radius 2 is 1.86 bits per heavy atom. The van der Waals surface area contributed by atoms with Crippen LogP contribution in [0.2, 0.25) is 0 Å². The Kier molecular flexibility index (Phi) is 5.62. The Hall–Kier alpha value is -2.44. The van der Waals surface area contributed by atoms with Gasteiger partial charge in [-0.15, -0.1) is 0 Å². The van der Waals surface area contributed by atoms with Crippen LogP contribution < -0.4 is 16.4 Å². The number of nitrogens with two attached hydrogens (primary N) is 1. The molecule has 0 aliphatic rings. The Balaban J connectivity index is 2.76. The number of para-hydroxylation sites is 2. The summed E-state index contributed by atoms with van der Waals surface area (Å²) in [6.07, 6.45) is -0.783. The molecule has 0 saturated heterocycles. The number of carboxylic acid groups (broad SMARTS) is 1. The minimum absolute atomic E-state index is 0.496. The lowest BCUT2D eigenvalue weighted by molar-refractivity contribution is -0.139. The maximum absolute atomic E-state index is 11.7. The van der Waals surface area contributed by atoms with Gasteiger partial charge in [0.2, 0.25) is 0 Å². The number of amides is 1. The molecule has 0 unspecified atom stereocenters. The highest BCUT2D eigenvalue weighted by molar-refractivity contribution is 5.81. The lowest BCUT2D eigenvalue weighted by Crippen LogP contribution is -2.51. The van der Waals surface area contributed by atoms with Gasteiger partial charge in [-0.2, -0.15) is 0 Å². The third-order valence-electron chi connectivity index (χ3n) is 2.78. The van der Waals surface area contributed by atoms with Gasteiger partial charge in [0.1, 0.15) is 11.6 Å². The summed E-state index contributed by atoms with van der Waals surface area (Å²) in [4.78, 5) is 23.1. The Labute approximate surface area is 129 Å². The molecule has 7 heteroatoms. The monoisotopic (exact) mass is 309 g/mol. The normalized spacial score (nSPS) is 13.8. The van der Waals surface area contributed by atoms with Gasteiger partial charge in [0, 0.05) is 0 Å². The van der Waals surface area contributed by atoms with Gasteiger partial charge in [0.15, 0.2) is 0 Å². The number of carboxylic acids is 1. The molecule has 0 bridgehead atoms. The van der Waals surface area contributed by atoms with Gasteiger partial charge in [-0.05, 0) is 39.8 Å². The molecule has 0 fully saturated rings. The zero-order valence-electron chi connectivity index (χ0n) is 13.2. The number of hydrogen-bond acceptors (Lipinski definition) is 5. The third-order valence-corrected chi connectivity index (χ3v) is 2.78. The number of ether oxygens (including phenoxy) is 1. The second kappa shape index (κ2) is 7.02. The van der Waals surface area contributed by atoms with Gasteiger partial charge in [0.25, 0.3) is 0 Å². The summed E-state index contributed by atoms with van der Waals surface area (Å²) in [7, 11) is 0. The van der Waals surface area contributed by atoms with Crippen molar-refractivity contribution in [3.8, 4) is 0 Å². The van der Waals surface area contributed by atoms with Crippen molar-refractivity contribution in [3.63, 3.8) is 0 Å². The predicted molar refractivity (Wildman–Crippen MR) is 84.7 cm³/mol. The summed E-state index contributed by atoms with van der Waals surface area (Å²) in [6, 6.07) is 5.25. The van der Waals surface area contributed by atoms with Crippen LogP contribution in [0, 0.1) is 0 Å². The number of alkyl carbamates (subject to hydrolysis) is 1. The minimum atomic E-state index is -1.17. The summed E-state index contributed by atoms with van der Waals surface area (Å²) in [6.45, 7) is 6.75. The largest absolute Gasteiger partial charge is 0.480 e. The van der Waals surface area contributed by atoms with Crippen LogP contribution in [-0.4, -0.2) is 34.9 Å². The fraction of sp³-hybridized carbons (Fsp3) is 0.467. The van der Waals surface area contributed by atoms with Crippen molar-refractivity contribution in [1.82, 2.24) is 5.32 Å². The molecule has 0 aliphatic heterocycles. The predicted octanol–water partition coefficient (Wildman–Crippen LogP) is 2.05. The highest BCUT2D eigenvalue weighted by Gasteiger charge is 2.29. The highest BCUT2D eigenvalue weighted by Crippen LogP contribution is 2.18. The van der Waals surface area contributed by atoms with E-state index in [4.69, 9.17) is 10.5 Å². The molecule has 0 heterocycles. The zero-order valence-corrected chi connectivity index (χ0v) is 13.2. The molecule has 0 aliphatic carbocycles. The van der Waals surface area contributed by atoms with Crippen molar-refractivity contribution in [3.05, 3.63) is 24.3 Å². The average molecular weight is 309 g/mol. The molecule has 5 N–H and O–H groups in total. The van der Waals surface area contributed by atoms with Gasteiger partial charge in [-0.25, -0.2) is 9.59 Å². The maximum atomic E-state index is 11.7. The first kappa shape index (κ1) is 17.6. The van der Waals surface area contributed by atoms with Crippen LogP contribution in [-0.2, 0) is 9.53 Å². The first-order valence-electron chi connectivity index (χ1n) is 6.93. The van der Waals surface area contributed by atoms with Crippen LogP contribution in [0.3, 0.4) is 0 Å². The summed E-state index contributed by atoms with van der Waals surface area (Å²) in [5, 5.41) is 14.6. The lowest BCUT2D eigenvalue weighted by atomic mass is 10.1. The van der Waals surface area contributed by atoms with Gasteiger partial charge in [-0.3, -0.25) is 0 Å². The second-order valence-corrected chi connectivity index (χ2v) is 5.98. The minimum Gasteiger partial charge on any atom is -0.480 e. The molecule has 0 aromatic heterocycles. The van der Waals surface area contributed by atoms with Crippen LogP contribution in [0.25, 0.3) is 0 Å². The van der Waals surface area contributed by atoms with Crippen molar-refractivity contribution in [2.75, 3.05) is 11.1 Å². The molecule has 1 aromatic rings. The van der Waals surface area contributed by atoms with Crippen LogP contribution in [0.15, 0.2) is 24.3 Å². The molecule has 0 saturated carbocycles.